The van der Waals surface area contributed by atoms with E-state index in [-0.39, 0.29) is 23.5 Å². The molecule has 0 radical (unpaired) electrons. The number of benzene rings is 1. The Labute approximate surface area is 160 Å². The largest absolute Gasteiger partial charge is 0.380 e. The van der Waals surface area contributed by atoms with Gasteiger partial charge in [-0.15, -0.1) is 0 Å². The number of nitrogens with one attached hydrogen (secondary N) is 1. The molecule has 1 N–H and O–H groups in total. The van der Waals surface area contributed by atoms with Gasteiger partial charge < -0.3 is 10.2 Å². The predicted molar refractivity (Wildman–Crippen MR) is 107 cm³/mol. The molecule has 1 fully saturated rings. The summed E-state index contributed by atoms with van der Waals surface area (Å²) in [7, 11) is -3.03. The monoisotopic (exact) mass is 387 g/mol. The van der Waals surface area contributed by atoms with Crippen molar-refractivity contribution in [3.8, 4) is 0 Å². The first-order valence-electron chi connectivity index (χ1n) is 9.15. The van der Waals surface area contributed by atoms with Crippen LogP contribution in [0.3, 0.4) is 0 Å². The molecule has 1 aromatic carbocycles. The van der Waals surface area contributed by atoms with Crippen LogP contribution in [0.15, 0.2) is 42.6 Å². The molecule has 1 aliphatic heterocycles. The highest BCUT2D eigenvalue weighted by Crippen LogP contribution is 2.20. The number of aryl methyl sites for hydroxylation is 1. The minimum Gasteiger partial charge on any atom is -0.380 e. The van der Waals surface area contributed by atoms with Crippen LogP contribution in [-0.4, -0.2) is 48.3 Å². The SMILES string of the molecule is CCN(C(=O)c1ccc(NCc2ccccc2C)cn1)C1CCS(=O)(=O)C1. The normalized spacial score (nSPS) is 18.2. The Balaban J connectivity index is 1.65. The van der Waals surface area contributed by atoms with Crippen molar-refractivity contribution in [2.45, 2.75) is 32.9 Å². The second-order valence-corrected chi connectivity index (χ2v) is 9.09. The van der Waals surface area contributed by atoms with E-state index in [9.17, 15) is 13.2 Å². The highest BCUT2D eigenvalue weighted by atomic mass is 32.2. The molecule has 2 heterocycles. The van der Waals surface area contributed by atoms with Crippen molar-refractivity contribution in [1.29, 1.82) is 0 Å². The molecule has 1 saturated heterocycles. The van der Waals surface area contributed by atoms with E-state index < -0.39 is 9.84 Å². The van der Waals surface area contributed by atoms with E-state index in [2.05, 4.69) is 29.4 Å². The Kier molecular flexibility index (Phi) is 5.79. The maximum absolute atomic E-state index is 12.8. The van der Waals surface area contributed by atoms with Crippen molar-refractivity contribution < 1.29 is 13.2 Å². The maximum atomic E-state index is 12.8. The zero-order valence-electron chi connectivity index (χ0n) is 15.7. The van der Waals surface area contributed by atoms with Gasteiger partial charge in [0.05, 0.1) is 23.4 Å². The van der Waals surface area contributed by atoms with Crippen molar-refractivity contribution >= 4 is 21.4 Å². The van der Waals surface area contributed by atoms with E-state index in [0.29, 0.717) is 25.2 Å². The molecule has 1 atom stereocenters. The quantitative estimate of drug-likeness (QED) is 0.824. The zero-order valence-corrected chi connectivity index (χ0v) is 16.5. The molecule has 3 rings (SSSR count). The molecule has 0 saturated carbocycles. The molecule has 1 amide bonds. The number of amides is 1. The number of sulfone groups is 1. The van der Waals surface area contributed by atoms with Crippen molar-refractivity contribution in [1.82, 2.24) is 9.88 Å². The number of aromatic nitrogens is 1. The van der Waals surface area contributed by atoms with Gasteiger partial charge in [0.1, 0.15) is 5.69 Å². The number of hydrogen-bond donors (Lipinski definition) is 1. The number of carbonyl (C=O) groups excluding carboxylic acids is 1. The van der Waals surface area contributed by atoms with Crippen LogP contribution in [0.1, 0.15) is 35.0 Å². The second kappa shape index (κ2) is 8.08. The van der Waals surface area contributed by atoms with E-state index in [0.717, 1.165) is 5.69 Å². The van der Waals surface area contributed by atoms with Gasteiger partial charge >= 0.3 is 0 Å². The van der Waals surface area contributed by atoms with Gasteiger partial charge in [0.2, 0.25) is 0 Å². The third-order valence-corrected chi connectivity index (χ3v) is 6.73. The highest BCUT2D eigenvalue weighted by molar-refractivity contribution is 7.91. The predicted octanol–water partition coefficient (Wildman–Crippen LogP) is 2.65. The van der Waals surface area contributed by atoms with Crippen LogP contribution in [0, 0.1) is 6.92 Å². The summed E-state index contributed by atoms with van der Waals surface area (Å²) in [5, 5.41) is 3.31. The van der Waals surface area contributed by atoms with E-state index in [1.54, 1.807) is 17.2 Å². The number of nitrogens with zero attached hydrogens (tertiary/aromatic N) is 2. The Morgan fingerprint density at radius 2 is 2.04 bits per heavy atom. The molecule has 27 heavy (non-hydrogen) atoms. The lowest BCUT2D eigenvalue weighted by Crippen LogP contribution is -2.41. The first-order valence-corrected chi connectivity index (χ1v) is 11.0. The molecule has 1 unspecified atom stereocenters. The number of rotatable bonds is 6. The molecule has 6 nitrogen and oxygen atoms in total. The van der Waals surface area contributed by atoms with E-state index >= 15 is 0 Å². The molecule has 1 aromatic heterocycles. The average Bonchev–Trinajstić information content (AvgIpc) is 3.01. The summed E-state index contributed by atoms with van der Waals surface area (Å²) < 4.78 is 23.4. The lowest BCUT2D eigenvalue weighted by atomic mass is 10.1. The van der Waals surface area contributed by atoms with Gasteiger partial charge in [0.25, 0.3) is 5.91 Å². The fourth-order valence-corrected chi connectivity index (χ4v) is 5.10. The average molecular weight is 388 g/mol. The van der Waals surface area contributed by atoms with Crippen molar-refractivity contribution in [2.75, 3.05) is 23.4 Å². The molecule has 0 aliphatic carbocycles. The topological polar surface area (TPSA) is 79.4 Å². The van der Waals surface area contributed by atoms with E-state index in [1.807, 2.05) is 25.1 Å². The van der Waals surface area contributed by atoms with Crippen LogP contribution in [0.25, 0.3) is 0 Å². The fraction of sp³-hybridized carbons (Fsp3) is 0.400. The number of pyridine rings is 1. The molecular weight excluding hydrogens is 362 g/mol. The third-order valence-electron chi connectivity index (χ3n) is 4.98. The number of carbonyl (C=O) groups is 1. The van der Waals surface area contributed by atoms with Gasteiger partial charge in [-0.1, -0.05) is 24.3 Å². The van der Waals surface area contributed by atoms with Crippen LogP contribution >= 0.6 is 0 Å². The lowest BCUT2D eigenvalue weighted by Gasteiger charge is -2.26. The summed E-state index contributed by atoms with van der Waals surface area (Å²) in [5.74, 6) is -0.0238. The Hall–Kier alpha value is -2.41. The standard InChI is InChI=1S/C20H25N3O3S/c1-3-23(18-10-11-27(25,26)14-18)20(24)19-9-8-17(13-22-19)21-12-16-7-5-4-6-15(16)2/h4-9,13,18,21H,3,10-12,14H2,1-2H3. The first-order chi connectivity index (χ1) is 12.9. The smallest absolute Gasteiger partial charge is 0.272 e. The molecule has 2 aromatic rings. The van der Waals surface area contributed by atoms with Crippen molar-refractivity contribution in [3.05, 3.63) is 59.4 Å². The van der Waals surface area contributed by atoms with Gasteiger partial charge in [-0.2, -0.15) is 0 Å². The Morgan fingerprint density at radius 1 is 1.26 bits per heavy atom. The Morgan fingerprint density at radius 3 is 2.63 bits per heavy atom. The zero-order chi connectivity index (χ0) is 19.4. The molecule has 0 bridgehead atoms. The van der Waals surface area contributed by atoms with Gasteiger partial charge in [-0.25, -0.2) is 13.4 Å². The second-order valence-electron chi connectivity index (χ2n) is 6.86. The molecular formula is C20H25N3O3S. The van der Waals surface area contributed by atoms with Crippen LogP contribution in [0.5, 0.6) is 0 Å². The number of anilines is 1. The summed E-state index contributed by atoms with van der Waals surface area (Å²) in [5.41, 5.74) is 3.59. The summed E-state index contributed by atoms with van der Waals surface area (Å²) in [4.78, 5) is 18.7. The first kappa shape index (κ1) is 19.4. The summed E-state index contributed by atoms with van der Waals surface area (Å²) in [6, 6.07) is 11.4. The van der Waals surface area contributed by atoms with Crippen molar-refractivity contribution in [3.63, 3.8) is 0 Å². The van der Waals surface area contributed by atoms with E-state index in [1.165, 1.54) is 11.1 Å². The number of hydrogen-bond acceptors (Lipinski definition) is 5. The van der Waals surface area contributed by atoms with Crippen LogP contribution in [0.2, 0.25) is 0 Å². The molecule has 0 spiro atoms. The van der Waals surface area contributed by atoms with E-state index in [4.69, 9.17) is 0 Å². The van der Waals surface area contributed by atoms with Crippen LogP contribution in [0.4, 0.5) is 5.69 Å². The highest BCUT2D eigenvalue weighted by Gasteiger charge is 2.34. The Bertz CT molecular complexity index is 910. The van der Waals surface area contributed by atoms with Crippen LogP contribution in [-0.2, 0) is 16.4 Å². The van der Waals surface area contributed by atoms with Gasteiger partial charge in [0.15, 0.2) is 9.84 Å². The minimum absolute atomic E-state index is 0.0443. The summed E-state index contributed by atoms with van der Waals surface area (Å²) in [6.45, 7) is 5.08. The van der Waals surface area contributed by atoms with Crippen molar-refractivity contribution in [2.24, 2.45) is 0 Å². The van der Waals surface area contributed by atoms with Gasteiger partial charge in [-0.05, 0) is 43.5 Å². The molecule has 7 heteroatoms. The van der Waals surface area contributed by atoms with Crippen LogP contribution < -0.4 is 5.32 Å². The lowest BCUT2D eigenvalue weighted by molar-refractivity contribution is 0.0702. The third kappa shape index (κ3) is 4.66. The fourth-order valence-electron chi connectivity index (χ4n) is 3.37. The molecule has 144 valence electrons. The van der Waals surface area contributed by atoms with Gasteiger partial charge in [0, 0.05) is 19.1 Å². The molecule has 1 aliphatic rings. The minimum atomic E-state index is -3.03. The van der Waals surface area contributed by atoms with Gasteiger partial charge in [-0.3, -0.25) is 4.79 Å². The summed E-state index contributed by atoms with van der Waals surface area (Å²) in [6.07, 6.45) is 2.14. The maximum Gasteiger partial charge on any atom is 0.272 e. The summed E-state index contributed by atoms with van der Waals surface area (Å²) >= 11 is 0.